The van der Waals surface area contributed by atoms with Crippen molar-refractivity contribution in [2.75, 3.05) is 29.5 Å². The predicted octanol–water partition coefficient (Wildman–Crippen LogP) is 2.94. The molecule has 0 saturated carbocycles. The Kier molecular flexibility index (Phi) is 5.65. The lowest BCUT2D eigenvalue weighted by Gasteiger charge is -2.11. The van der Waals surface area contributed by atoms with Crippen molar-refractivity contribution >= 4 is 23.3 Å². The maximum atomic E-state index is 10.8. The lowest BCUT2D eigenvalue weighted by Crippen LogP contribution is -2.16. The van der Waals surface area contributed by atoms with Crippen molar-refractivity contribution in [1.82, 2.24) is 24.9 Å². The predicted molar refractivity (Wildman–Crippen MR) is 117 cm³/mol. The first kappa shape index (κ1) is 19.8. The van der Waals surface area contributed by atoms with Crippen LogP contribution in [0.5, 0.6) is 0 Å². The first-order valence-corrected chi connectivity index (χ1v) is 9.42. The molecule has 4 rings (SSSR count). The van der Waals surface area contributed by atoms with Crippen molar-refractivity contribution < 1.29 is 4.92 Å². The van der Waals surface area contributed by atoms with Crippen LogP contribution >= 0.6 is 0 Å². The molecule has 0 aliphatic rings. The van der Waals surface area contributed by atoms with Gasteiger partial charge in [0.1, 0.15) is 11.6 Å². The highest BCUT2D eigenvalue weighted by molar-refractivity contribution is 5.77. The largest absolute Gasteiger partial charge is 0.378 e. The number of imidazole rings is 1. The van der Waals surface area contributed by atoms with Crippen LogP contribution in [-0.4, -0.2) is 42.9 Å². The number of pyridine rings is 1. The Morgan fingerprint density at radius 3 is 2.55 bits per heavy atom. The number of aromatic nitrogens is 5. The fourth-order valence-electron chi connectivity index (χ4n) is 2.95. The summed E-state index contributed by atoms with van der Waals surface area (Å²) in [6.07, 6.45) is 5.16. The monoisotopic (exact) mass is 417 g/mol. The van der Waals surface area contributed by atoms with Gasteiger partial charge in [-0.1, -0.05) is 30.3 Å². The third-order valence-electron chi connectivity index (χ3n) is 4.40. The third kappa shape index (κ3) is 4.56. The molecule has 4 aromatic rings. The number of aromatic amines is 1. The third-order valence-corrected chi connectivity index (χ3v) is 4.40. The number of nitrogen functional groups attached to an aromatic ring is 1. The lowest BCUT2D eigenvalue weighted by atomic mass is 10.1. The molecule has 31 heavy (non-hydrogen) atoms. The van der Waals surface area contributed by atoms with E-state index in [-0.39, 0.29) is 11.5 Å². The van der Waals surface area contributed by atoms with Gasteiger partial charge in [0.25, 0.3) is 0 Å². The molecular weight excluding hydrogens is 398 g/mol. The molecule has 0 radical (unpaired) electrons. The second-order valence-corrected chi connectivity index (χ2v) is 6.47. The number of hydrogen-bond acceptors (Lipinski definition) is 9. The van der Waals surface area contributed by atoms with E-state index in [1.807, 2.05) is 30.3 Å². The Morgan fingerprint density at radius 1 is 1.03 bits per heavy atom. The zero-order valence-electron chi connectivity index (χ0n) is 16.3. The van der Waals surface area contributed by atoms with Gasteiger partial charge in [0.15, 0.2) is 0 Å². The topological polar surface area (TPSA) is 161 Å². The van der Waals surface area contributed by atoms with Gasteiger partial charge in [-0.05, 0) is 6.07 Å². The van der Waals surface area contributed by atoms with Gasteiger partial charge in [-0.15, -0.1) is 0 Å². The summed E-state index contributed by atoms with van der Waals surface area (Å²) in [6.45, 7) is 0.973. The van der Waals surface area contributed by atoms with Gasteiger partial charge in [0.05, 0.1) is 16.2 Å². The molecule has 0 aliphatic heterocycles. The van der Waals surface area contributed by atoms with Crippen molar-refractivity contribution in [1.29, 1.82) is 0 Å². The lowest BCUT2D eigenvalue weighted by molar-refractivity contribution is -0.384. The summed E-state index contributed by atoms with van der Waals surface area (Å²) in [4.78, 5) is 30.7. The summed E-state index contributed by atoms with van der Waals surface area (Å²) in [7, 11) is 0. The zero-order valence-corrected chi connectivity index (χ0v) is 16.3. The summed E-state index contributed by atoms with van der Waals surface area (Å²) in [5.74, 6) is 1.47. The van der Waals surface area contributed by atoms with Crippen LogP contribution in [0.1, 0.15) is 0 Å². The van der Waals surface area contributed by atoms with Crippen molar-refractivity contribution in [2.24, 2.45) is 0 Å². The molecule has 0 unspecified atom stereocenters. The number of nitrogens with two attached hydrogens (primary N) is 1. The second-order valence-electron chi connectivity index (χ2n) is 6.47. The van der Waals surface area contributed by atoms with Crippen LogP contribution in [0.3, 0.4) is 0 Å². The van der Waals surface area contributed by atoms with Crippen LogP contribution in [0, 0.1) is 10.1 Å². The van der Waals surface area contributed by atoms with E-state index < -0.39 is 4.92 Å². The Balaban J connectivity index is 1.45. The average Bonchev–Trinajstić information content (AvgIpc) is 3.32. The van der Waals surface area contributed by atoms with Crippen LogP contribution in [0.15, 0.2) is 61.1 Å². The standard InChI is InChI=1S/C20H19N9O2/c21-18-15(29(30)31)6-7-16(27-18)22-8-11-25-20-26-12-14(19-23-9-10-24-19)17(28-20)13-4-2-1-3-5-13/h1-7,9-10,12H,8,11H2,(H,23,24)(H3,21,22,27)(H,25,26,28). The van der Waals surface area contributed by atoms with E-state index in [1.165, 1.54) is 12.1 Å². The fourth-order valence-corrected chi connectivity index (χ4v) is 2.95. The van der Waals surface area contributed by atoms with Crippen molar-refractivity contribution in [3.05, 3.63) is 71.2 Å². The minimum Gasteiger partial charge on any atom is -0.378 e. The average molecular weight is 417 g/mol. The van der Waals surface area contributed by atoms with Gasteiger partial charge in [0.2, 0.25) is 11.8 Å². The molecule has 5 N–H and O–H groups in total. The van der Waals surface area contributed by atoms with E-state index in [4.69, 9.17) is 5.73 Å². The summed E-state index contributed by atoms with van der Waals surface area (Å²) < 4.78 is 0. The van der Waals surface area contributed by atoms with E-state index in [2.05, 4.69) is 35.6 Å². The first-order valence-electron chi connectivity index (χ1n) is 9.42. The summed E-state index contributed by atoms with van der Waals surface area (Å²) in [5.41, 5.74) is 7.89. The van der Waals surface area contributed by atoms with Gasteiger partial charge in [-0.2, -0.15) is 0 Å². The SMILES string of the molecule is Nc1nc(NCCNc2ncc(-c3ncc[nH]3)c(-c3ccccc3)n2)ccc1[N+](=O)[O-]. The van der Waals surface area contributed by atoms with Gasteiger partial charge < -0.3 is 21.4 Å². The molecule has 0 bridgehead atoms. The summed E-state index contributed by atoms with van der Waals surface area (Å²) in [5, 5.41) is 17.0. The quantitative estimate of drug-likeness (QED) is 0.192. The number of hydrogen-bond donors (Lipinski definition) is 4. The van der Waals surface area contributed by atoms with Crippen LogP contribution in [0.4, 0.5) is 23.3 Å². The van der Waals surface area contributed by atoms with Crippen LogP contribution in [-0.2, 0) is 0 Å². The number of nitro groups is 1. The van der Waals surface area contributed by atoms with Gasteiger partial charge in [0, 0.05) is 43.3 Å². The molecule has 11 heteroatoms. The van der Waals surface area contributed by atoms with Gasteiger partial charge >= 0.3 is 5.69 Å². The van der Waals surface area contributed by atoms with Crippen LogP contribution in [0.2, 0.25) is 0 Å². The molecule has 3 heterocycles. The number of nitrogens with one attached hydrogen (secondary N) is 3. The number of H-pyrrole nitrogens is 1. The van der Waals surface area contributed by atoms with E-state index in [9.17, 15) is 10.1 Å². The summed E-state index contributed by atoms with van der Waals surface area (Å²) >= 11 is 0. The van der Waals surface area contributed by atoms with Crippen molar-refractivity contribution in [2.45, 2.75) is 0 Å². The molecule has 0 saturated heterocycles. The van der Waals surface area contributed by atoms with Gasteiger partial charge in [-0.25, -0.2) is 19.9 Å². The maximum Gasteiger partial charge on any atom is 0.311 e. The highest BCUT2D eigenvalue weighted by Gasteiger charge is 2.14. The minimum absolute atomic E-state index is 0.132. The highest BCUT2D eigenvalue weighted by Crippen LogP contribution is 2.28. The number of nitrogens with zero attached hydrogens (tertiary/aromatic N) is 5. The maximum absolute atomic E-state index is 10.8. The van der Waals surface area contributed by atoms with E-state index in [1.54, 1.807) is 18.6 Å². The molecule has 156 valence electrons. The first-order chi connectivity index (χ1) is 15.1. The molecule has 3 aromatic heterocycles. The smallest absolute Gasteiger partial charge is 0.311 e. The van der Waals surface area contributed by atoms with Crippen LogP contribution < -0.4 is 16.4 Å². The van der Waals surface area contributed by atoms with Gasteiger partial charge in [-0.3, -0.25) is 10.1 Å². The molecule has 0 fully saturated rings. The van der Waals surface area contributed by atoms with E-state index in [0.29, 0.717) is 30.7 Å². The molecule has 0 amide bonds. The highest BCUT2D eigenvalue weighted by atomic mass is 16.6. The Labute approximate surface area is 177 Å². The molecule has 0 spiro atoms. The van der Waals surface area contributed by atoms with E-state index in [0.717, 1.165) is 16.8 Å². The number of rotatable bonds is 8. The normalized spacial score (nSPS) is 10.6. The number of anilines is 3. The molecule has 11 nitrogen and oxygen atoms in total. The van der Waals surface area contributed by atoms with Crippen molar-refractivity contribution in [3.63, 3.8) is 0 Å². The molecule has 0 aliphatic carbocycles. The number of benzene rings is 1. The molecular formula is C20H19N9O2. The Morgan fingerprint density at radius 2 is 1.84 bits per heavy atom. The molecule has 1 aromatic carbocycles. The molecule has 0 atom stereocenters. The van der Waals surface area contributed by atoms with E-state index >= 15 is 0 Å². The van der Waals surface area contributed by atoms with Crippen molar-refractivity contribution in [3.8, 4) is 22.6 Å². The minimum atomic E-state index is -0.568. The Bertz CT molecular complexity index is 1180. The Hall–Kier alpha value is -4.54. The second kappa shape index (κ2) is 8.86. The zero-order chi connectivity index (χ0) is 21.6. The fraction of sp³-hybridized carbons (Fsp3) is 0.100. The summed E-state index contributed by atoms with van der Waals surface area (Å²) in [6, 6.07) is 12.6. The van der Waals surface area contributed by atoms with Crippen LogP contribution in [0.25, 0.3) is 22.6 Å².